The van der Waals surface area contributed by atoms with Gasteiger partial charge in [0.25, 0.3) is 0 Å². The van der Waals surface area contributed by atoms with Crippen LogP contribution in [0.5, 0.6) is 0 Å². The Morgan fingerprint density at radius 2 is 2.21 bits per heavy atom. The summed E-state index contributed by atoms with van der Waals surface area (Å²) in [5.74, 6) is -0.948. The number of halogens is 1. The summed E-state index contributed by atoms with van der Waals surface area (Å²) in [5.41, 5.74) is 1.66. The van der Waals surface area contributed by atoms with E-state index in [0.29, 0.717) is 18.7 Å². The quantitative estimate of drug-likeness (QED) is 0.877. The average molecular weight is 327 g/mol. The highest BCUT2D eigenvalue weighted by Crippen LogP contribution is 2.27. The molecule has 6 heteroatoms. The van der Waals surface area contributed by atoms with Crippen LogP contribution < -0.4 is 5.32 Å². The molecule has 19 heavy (non-hydrogen) atoms. The van der Waals surface area contributed by atoms with Crippen molar-refractivity contribution >= 4 is 33.6 Å². The van der Waals surface area contributed by atoms with E-state index >= 15 is 0 Å². The number of rotatable bonds is 2. The highest BCUT2D eigenvalue weighted by Gasteiger charge is 2.34. The van der Waals surface area contributed by atoms with Crippen LogP contribution >= 0.6 is 15.9 Å². The van der Waals surface area contributed by atoms with Gasteiger partial charge in [-0.3, -0.25) is 0 Å². The number of anilines is 1. The van der Waals surface area contributed by atoms with Gasteiger partial charge in [-0.2, -0.15) is 0 Å². The third-order valence-electron chi connectivity index (χ3n) is 3.23. The first-order chi connectivity index (χ1) is 9.00. The third kappa shape index (κ3) is 2.89. The molecule has 0 aromatic heterocycles. The number of nitrogens with zero attached hydrogens (tertiary/aromatic N) is 1. The molecule has 1 aliphatic rings. The smallest absolute Gasteiger partial charge is 0.326 e. The van der Waals surface area contributed by atoms with Crippen molar-refractivity contribution < 1.29 is 14.7 Å². The zero-order valence-corrected chi connectivity index (χ0v) is 12.1. The molecular weight excluding hydrogens is 312 g/mol. The highest BCUT2D eigenvalue weighted by molar-refractivity contribution is 9.10. The van der Waals surface area contributed by atoms with Gasteiger partial charge in [-0.25, -0.2) is 9.59 Å². The molecule has 2 amide bonds. The summed E-state index contributed by atoms with van der Waals surface area (Å²) >= 11 is 3.41. The lowest BCUT2D eigenvalue weighted by atomic mass is 10.2. The van der Waals surface area contributed by atoms with Crippen LogP contribution in [0.25, 0.3) is 0 Å². The Balaban J connectivity index is 2.13. The van der Waals surface area contributed by atoms with Crippen molar-refractivity contribution in [1.82, 2.24) is 4.90 Å². The molecule has 0 spiro atoms. The Morgan fingerprint density at radius 1 is 1.47 bits per heavy atom. The van der Waals surface area contributed by atoms with E-state index in [0.717, 1.165) is 16.5 Å². The van der Waals surface area contributed by atoms with Crippen LogP contribution in [0.3, 0.4) is 0 Å². The number of aryl methyl sites for hydroxylation is 1. The Labute approximate surface area is 119 Å². The molecular formula is C13H15BrN2O3. The van der Waals surface area contributed by atoms with Gasteiger partial charge in [0.2, 0.25) is 0 Å². The van der Waals surface area contributed by atoms with Crippen LogP contribution in [0.1, 0.15) is 18.4 Å². The summed E-state index contributed by atoms with van der Waals surface area (Å²) in [6.07, 6.45) is 1.23. The van der Waals surface area contributed by atoms with Crippen LogP contribution in [-0.2, 0) is 4.79 Å². The molecule has 5 nitrogen and oxygen atoms in total. The maximum Gasteiger partial charge on any atom is 0.326 e. The van der Waals surface area contributed by atoms with Gasteiger partial charge in [0.1, 0.15) is 6.04 Å². The van der Waals surface area contributed by atoms with E-state index in [2.05, 4.69) is 21.2 Å². The second-order valence-electron chi connectivity index (χ2n) is 4.56. The largest absolute Gasteiger partial charge is 0.480 e. The van der Waals surface area contributed by atoms with Crippen molar-refractivity contribution in [1.29, 1.82) is 0 Å². The molecule has 1 saturated heterocycles. The molecule has 0 saturated carbocycles. The number of carbonyl (C=O) groups is 2. The molecule has 1 heterocycles. The maximum absolute atomic E-state index is 12.1. The molecule has 1 atom stereocenters. The second kappa shape index (κ2) is 5.61. The Morgan fingerprint density at radius 3 is 2.89 bits per heavy atom. The van der Waals surface area contributed by atoms with Crippen molar-refractivity contribution in [3.63, 3.8) is 0 Å². The molecule has 1 aromatic carbocycles. The highest BCUT2D eigenvalue weighted by atomic mass is 79.9. The number of hydrogen-bond donors (Lipinski definition) is 2. The first-order valence-corrected chi connectivity index (χ1v) is 6.85. The zero-order valence-electron chi connectivity index (χ0n) is 10.5. The molecule has 2 rings (SSSR count). The van der Waals surface area contributed by atoms with Crippen LogP contribution in [0.2, 0.25) is 0 Å². The van der Waals surface area contributed by atoms with Gasteiger partial charge in [-0.15, -0.1) is 0 Å². The Bertz CT molecular complexity index is 519. The minimum atomic E-state index is -0.948. The van der Waals surface area contributed by atoms with Gasteiger partial charge in [-0.05, 0) is 47.3 Å². The predicted octanol–water partition coefficient (Wildman–Crippen LogP) is 2.84. The molecule has 1 aliphatic heterocycles. The van der Waals surface area contributed by atoms with Crippen molar-refractivity contribution in [3.8, 4) is 0 Å². The molecule has 2 N–H and O–H groups in total. The molecule has 1 fully saturated rings. The van der Waals surface area contributed by atoms with Crippen molar-refractivity contribution in [2.45, 2.75) is 25.8 Å². The van der Waals surface area contributed by atoms with Gasteiger partial charge in [0.05, 0.1) is 5.69 Å². The lowest BCUT2D eigenvalue weighted by Crippen LogP contribution is -2.42. The van der Waals surface area contributed by atoms with E-state index in [9.17, 15) is 9.59 Å². The van der Waals surface area contributed by atoms with E-state index in [1.807, 2.05) is 19.1 Å². The van der Waals surface area contributed by atoms with Crippen LogP contribution in [0, 0.1) is 6.92 Å². The summed E-state index contributed by atoms with van der Waals surface area (Å²) in [6.45, 7) is 2.40. The number of likely N-dealkylation sites (tertiary alicyclic amines) is 1. The van der Waals surface area contributed by atoms with Crippen LogP contribution in [0.4, 0.5) is 10.5 Å². The number of carboxylic acid groups (broad SMARTS) is 1. The fourth-order valence-electron chi connectivity index (χ4n) is 2.20. The molecule has 0 aliphatic carbocycles. The first-order valence-electron chi connectivity index (χ1n) is 6.06. The van der Waals surface area contributed by atoms with Crippen molar-refractivity contribution in [3.05, 3.63) is 28.2 Å². The normalized spacial score (nSPS) is 18.4. The van der Waals surface area contributed by atoms with Gasteiger partial charge in [0.15, 0.2) is 0 Å². The average Bonchev–Trinajstić information content (AvgIpc) is 2.84. The molecule has 102 valence electrons. The van der Waals surface area contributed by atoms with Crippen molar-refractivity contribution in [2.24, 2.45) is 0 Å². The van der Waals surface area contributed by atoms with Crippen LogP contribution in [-0.4, -0.2) is 34.6 Å². The van der Waals surface area contributed by atoms with E-state index in [-0.39, 0.29) is 6.03 Å². The summed E-state index contributed by atoms with van der Waals surface area (Å²) in [5, 5.41) is 11.8. The van der Waals surface area contributed by atoms with Crippen LogP contribution in [0.15, 0.2) is 22.7 Å². The summed E-state index contributed by atoms with van der Waals surface area (Å²) in [7, 11) is 0. The molecule has 1 unspecified atom stereocenters. The topological polar surface area (TPSA) is 69.6 Å². The lowest BCUT2D eigenvalue weighted by Gasteiger charge is -2.22. The van der Waals surface area contributed by atoms with Crippen molar-refractivity contribution in [2.75, 3.05) is 11.9 Å². The minimum Gasteiger partial charge on any atom is -0.480 e. The van der Waals surface area contributed by atoms with E-state index in [4.69, 9.17) is 5.11 Å². The predicted molar refractivity (Wildman–Crippen MR) is 75.3 cm³/mol. The van der Waals surface area contributed by atoms with Gasteiger partial charge < -0.3 is 15.3 Å². The second-order valence-corrected chi connectivity index (χ2v) is 5.35. The Kier molecular flexibility index (Phi) is 4.09. The van der Waals surface area contributed by atoms with E-state index in [1.54, 1.807) is 6.07 Å². The molecule has 1 aromatic rings. The number of urea groups is 1. The Hall–Kier alpha value is -1.56. The SMILES string of the molecule is Cc1cccc(NC(=O)N2CCCC2C(=O)O)c1Br. The fraction of sp³-hybridized carbons (Fsp3) is 0.385. The number of benzene rings is 1. The number of aliphatic carboxylic acids is 1. The van der Waals surface area contributed by atoms with Gasteiger partial charge >= 0.3 is 12.0 Å². The molecule has 0 radical (unpaired) electrons. The zero-order chi connectivity index (χ0) is 14.0. The number of amides is 2. The first kappa shape index (κ1) is 13.9. The minimum absolute atomic E-state index is 0.365. The third-order valence-corrected chi connectivity index (χ3v) is 4.28. The number of nitrogens with one attached hydrogen (secondary N) is 1. The number of carboxylic acids is 1. The molecule has 0 bridgehead atoms. The lowest BCUT2D eigenvalue weighted by molar-refractivity contribution is -0.141. The van der Waals surface area contributed by atoms with Gasteiger partial charge in [0, 0.05) is 11.0 Å². The number of carbonyl (C=O) groups excluding carboxylic acids is 1. The van der Waals surface area contributed by atoms with Gasteiger partial charge in [-0.1, -0.05) is 12.1 Å². The number of hydrogen-bond acceptors (Lipinski definition) is 2. The van der Waals surface area contributed by atoms with E-state index in [1.165, 1.54) is 4.90 Å². The summed E-state index contributed by atoms with van der Waals surface area (Å²) < 4.78 is 0.814. The monoisotopic (exact) mass is 326 g/mol. The summed E-state index contributed by atoms with van der Waals surface area (Å²) in [6, 6.07) is 4.46. The maximum atomic E-state index is 12.1. The van der Waals surface area contributed by atoms with E-state index < -0.39 is 12.0 Å². The fourth-order valence-corrected chi connectivity index (χ4v) is 2.56. The standard InChI is InChI=1S/C13H15BrN2O3/c1-8-4-2-5-9(11(8)14)15-13(19)16-7-3-6-10(16)12(17)18/h2,4-5,10H,3,6-7H2,1H3,(H,15,19)(H,17,18). The summed E-state index contributed by atoms with van der Waals surface area (Å²) in [4.78, 5) is 24.6.